The molecule has 1 amide bonds. The van der Waals surface area contributed by atoms with Gasteiger partial charge in [-0.3, -0.25) is 9.59 Å². The van der Waals surface area contributed by atoms with Crippen LogP contribution in [0.25, 0.3) is 5.76 Å². The number of carbonyl (C=O) groups is 2. The van der Waals surface area contributed by atoms with Gasteiger partial charge in [-0.05, 0) is 79.7 Å². The van der Waals surface area contributed by atoms with Gasteiger partial charge in [0.2, 0.25) is 0 Å². The van der Waals surface area contributed by atoms with Crippen molar-refractivity contribution in [2.24, 2.45) is 0 Å². The van der Waals surface area contributed by atoms with Gasteiger partial charge in [0.25, 0.3) is 11.7 Å². The summed E-state index contributed by atoms with van der Waals surface area (Å²) >= 11 is 3.32. The minimum absolute atomic E-state index is 0.0249. The number of likely N-dealkylation sites (tertiary alicyclic amines) is 1. The van der Waals surface area contributed by atoms with Crippen LogP contribution in [0.4, 0.5) is 0 Å². The number of aliphatic hydroxyl groups is 1. The second-order valence-corrected chi connectivity index (χ2v) is 9.02. The fourth-order valence-corrected chi connectivity index (χ4v) is 4.44. The Morgan fingerprint density at radius 1 is 1.21 bits per heavy atom. The number of Topliss-reactive ketones (excluding diaryl/α,β-unsaturated/α-hetero) is 1. The molecule has 34 heavy (non-hydrogen) atoms. The van der Waals surface area contributed by atoms with Crippen LogP contribution in [0.1, 0.15) is 30.5 Å². The Morgan fingerprint density at radius 3 is 2.59 bits per heavy atom. The molecule has 0 aliphatic carbocycles. The maximum atomic E-state index is 13.2. The van der Waals surface area contributed by atoms with Gasteiger partial charge in [0.05, 0.1) is 29.8 Å². The maximum absolute atomic E-state index is 13.2. The molecule has 0 spiro atoms. The molecule has 1 aliphatic rings. The lowest BCUT2D eigenvalue weighted by Gasteiger charge is -2.26. The molecule has 1 heterocycles. The van der Waals surface area contributed by atoms with Gasteiger partial charge in [0.1, 0.15) is 11.5 Å². The molecular weight excluding hydrogens is 504 g/mol. The molecule has 1 aliphatic heterocycles. The van der Waals surface area contributed by atoms with Crippen molar-refractivity contribution in [1.29, 1.82) is 0 Å². The first-order chi connectivity index (χ1) is 16.2. The molecule has 1 unspecified atom stereocenters. The second-order valence-electron chi connectivity index (χ2n) is 8.16. The summed E-state index contributed by atoms with van der Waals surface area (Å²) in [6.45, 7) is 3.32. The standard InChI is InChI=1S/C25H29BrN2O6/c1-5-34-17-9-6-8-15(12-17)22(29)20-21(16-13-18(26)23(30)19(14-16)33-4)28(25(32)24(20)31)11-7-10-27(2)3/h6,8-9,12-14,21,29-30H,5,7,10-11H2,1-4H3. The van der Waals surface area contributed by atoms with Crippen molar-refractivity contribution in [1.82, 2.24) is 9.80 Å². The summed E-state index contributed by atoms with van der Waals surface area (Å²) in [5.74, 6) is -1.12. The van der Waals surface area contributed by atoms with Gasteiger partial charge in [0.15, 0.2) is 11.5 Å². The van der Waals surface area contributed by atoms with E-state index in [-0.39, 0.29) is 22.8 Å². The van der Waals surface area contributed by atoms with E-state index >= 15 is 0 Å². The molecule has 182 valence electrons. The predicted octanol–water partition coefficient (Wildman–Crippen LogP) is 3.94. The number of hydrogen-bond acceptors (Lipinski definition) is 7. The third kappa shape index (κ3) is 5.20. The molecule has 1 fully saturated rings. The van der Waals surface area contributed by atoms with E-state index in [1.54, 1.807) is 36.4 Å². The van der Waals surface area contributed by atoms with E-state index in [0.29, 0.717) is 47.5 Å². The molecule has 0 saturated carbocycles. The molecule has 0 radical (unpaired) electrons. The zero-order chi connectivity index (χ0) is 25.0. The smallest absolute Gasteiger partial charge is 0.295 e. The first-order valence-corrected chi connectivity index (χ1v) is 11.7. The van der Waals surface area contributed by atoms with Crippen molar-refractivity contribution in [2.45, 2.75) is 19.4 Å². The first-order valence-electron chi connectivity index (χ1n) is 10.9. The summed E-state index contributed by atoms with van der Waals surface area (Å²) < 4.78 is 11.2. The minimum atomic E-state index is -0.858. The number of phenolic OH excluding ortho intramolecular Hbond substituents is 1. The van der Waals surface area contributed by atoms with Crippen LogP contribution in [-0.2, 0) is 9.59 Å². The number of nitrogens with zero attached hydrogens (tertiary/aromatic N) is 2. The van der Waals surface area contributed by atoms with Crippen LogP contribution >= 0.6 is 15.9 Å². The number of carbonyl (C=O) groups excluding carboxylic acids is 2. The number of hydrogen-bond donors (Lipinski definition) is 2. The topological polar surface area (TPSA) is 99.5 Å². The number of aliphatic hydroxyl groups excluding tert-OH is 1. The van der Waals surface area contributed by atoms with Crippen LogP contribution in [0, 0.1) is 0 Å². The highest BCUT2D eigenvalue weighted by Gasteiger charge is 2.46. The van der Waals surface area contributed by atoms with Crippen molar-refractivity contribution in [3.05, 3.63) is 57.6 Å². The van der Waals surface area contributed by atoms with E-state index < -0.39 is 17.7 Å². The quantitative estimate of drug-likeness (QED) is 0.286. The van der Waals surface area contributed by atoms with E-state index in [9.17, 15) is 19.8 Å². The molecule has 8 nitrogen and oxygen atoms in total. The highest BCUT2D eigenvalue weighted by atomic mass is 79.9. The molecule has 1 saturated heterocycles. The molecule has 3 rings (SSSR count). The zero-order valence-electron chi connectivity index (χ0n) is 19.7. The lowest BCUT2D eigenvalue weighted by atomic mass is 9.95. The molecule has 2 N–H and O–H groups in total. The maximum Gasteiger partial charge on any atom is 0.295 e. The second kappa shape index (κ2) is 10.9. The summed E-state index contributed by atoms with van der Waals surface area (Å²) in [7, 11) is 5.27. The number of halogens is 1. The van der Waals surface area contributed by atoms with Gasteiger partial charge in [-0.2, -0.15) is 0 Å². The Labute approximate surface area is 207 Å². The van der Waals surface area contributed by atoms with Gasteiger partial charge >= 0.3 is 0 Å². The zero-order valence-corrected chi connectivity index (χ0v) is 21.3. The van der Waals surface area contributed by atoms with Crippen molar-refractivity contribution < 1.29 is 29.3 Å². The monoisotopic (exact) mass is 532 g/mol. The average molecular weight is 533 g/mol. The number of aromatic hydroxyl groups is 1. The lowest BCUT2D eigenvalue weighted by molar-refractivity contribution is -0.139. The van der Waals surface area contributed by atoms with Crippen LogP contribution in [-0.4, -0.2) is 72.6 Å². The van der Waals surface area contributed by atoms with Gasteiger partial charge in [-0.15, -0.1) is 0 Å². The van der Waals surface area contributed by atoms with Crippen molar-refractivity contribution in [2.75, 3.05) is 40.9 Å². The molecule has 2 aromatic carbocycles. The molecule has 0 aromatic heterocycles. The highest BCUT2D eigenvalue weighted by Crippen LogP contribution is 2.44. The van der Waals surface area contributed by atoms with Crippen molar-refractivity contribution in [3.63, 3.8) is 0 Å². The van der Waals surface area contributed by atoms with E-state index in [4.69, 9.17) is 9.47 Å². The summed E-state index contributed by atoms with van der Waals surface area (Å²) in [5, 5.41) is 21.5. The Morgan fingerprint density at radius 2 is 1.94 bits per heavy atom. The van der Waals surface area contributed by atoms with Crippen LogP contribution in [0.5, 0.6) is 17.2 Å². The Balaban J connectivity index is 2.17. The van der Waals surface area contributed by atoms with Gasteiger partial charge < -0.3 is 29.5 Å². The van der Waals surface area contributed by atoms with Gasteiger partial charge in [-0.25, -0.2) is 0 Å². The van der Waals surface area contributed by atoms with Crippen molar-refractivity contribution >= 4 is 33.4 Å². The summed E-state index contributed by atoms with van der Waals surface area (Å²) in [4.78, 5) is 29.7. The molecule has 0 bridgehead atoms. The number of rotatable bonds is 9. The fraction of sp³-hybridized carbons (Fsp3) is 0.360. The van der Waals surface area contributed by atoms with E-state index in [2.05, 4.69) is 15.9 Å². The van der Waals surface area contributed by atoms with Crippen LogP contribution in [0.2, 0.25) is 0 Å². The first kappa shape index (κ1) is 25.6. The number of amides is 1. The largest absolute Gasteiger partial charge is 0.507 e. The average Bonchev–Trinajstić information content (AvgIpc) is 3.05. The Hall–Kier alpha value is -3.04. The van der Waals surface area contributed by atoms with Crippen LogP contribution < -0.4 is 9.47 Å². The number of ether oxygens (including phenoxy) is 2. The number of benzene rings is 2. The molecule has 9 heteroatoms. The van der Waals surface area contributed by atoms with Crippen LogP contribution in [0.15, 0.2) is 46.4 Å². The fourth-order valence-electron chi connectivity index (χ4n) is 3.98. The number of ketones is 1. The van der Waals surface area contributed by atoms with E-state index in [0.717, 1.165) is 0 Å². The minimum Gasteiger partial charge on any atom is -0.507 e. The lowest BCUT2D eigenvalue weighted by Crippen LogP contribution is -2.32. The molecule has 1 atom stereocenters. The molecular formula is C25H29BrN2O6. The summed E-state index contributed by atoms with van der Waals surface area (Å²) in [6, 6.07) is 9.08. The molecule has 2 aromatic rings. The van der Waals surface area contributed by atoms with E-state index in [1.165, 1.54) is 12.0 Å². The third-order valence-electron chi connectivity index (χ3n) is 5.55. The summed E-state index contributed by atoms with van der Waals surface area (Å²) in [6.07, 6.45) is 0.632. The SMILES string of the molecule is CCOc1cccc(C(O)=C2C(=O)C(=O)N(CCCN(C)C)C2c2cc(Br)c(O)c(OC)c2)c1. The highest BCUT2D eigenvalue weighted by molar-refractivity contribution is 9.10. The number of methoxy groups -OCH3 is 1. The van der Waals surface area contributed by atoms with Gasteiger partial charge in [-0.1, -0.05) is 12.1 Å². The van der Waals surface area contributed by atoms with E-state index in [1.807, 2.05) is 25.9 Å². The normalized spacial score (nSPS) is 17.5. The number of phenols is 1. The predicted molar refractivity (Wildman–Crippen MR) is 132 cm³/mol. The Kier molecular flexibility index (Phi) is 8.22. The van der Waals surface area contributed by atoms with Gasteiger partial charge in [0, 0.05) is 12.1 Å². The third-order valence-corrected chi connectivity index (χ3v) is 6.15. The summed E-state index contributed by atoms with van der Waals surface area (Å²) in [5.41, 5.74) is 0.864. The van der Waals surface area contributed by atoms with Crippen LogP contribution in [0.3, 0.4) is 0 Å². The van der Waals surface area contributed by atoms with Crippen molar-refractivity contribution in [3.8, 4) is 17.2 Å². The Bertz CT molecular complexity index is 1110.